The number of nitrogens with zero attached hydrogens (tertiary/aromatic N) is 2. The average molecular weight is 442 g/mol. The maximum absolute atomic E-state index is 12.9. The third-order valence-corrected chi connectivity index (χ3v) is 7.00. The number of pyridine rings is 1. The van der Waals surface area contributed by atoms with Crippen LogP contribution in [0, 0.1) is 4.78 Å². The fraction of sp³-hybridized carbons (Fsp3) is 0.217. The molecule has 0 spiro atoms. The van der Waals surface area contributed by atoms with Crippen molar-refractivity contribution in [3.05, 3.63) is 77.6 Å². The topological polar surface area (TPSA) is 74.1 Å². The molecule has 0 aliphatic rings. The highest BCUT2D eigenvalue weighted by Gasteiger charge is 2.12. The van der Waals surface area contributed by atoms with Gasteiger partial charge in [0.15, 0.2) is 0 Å². The van der Waals surface area contributed by atoms with Crippen molar-refractivity contribution < 1.29 is 9.00 Å². The van der Waals surface area contributed by atoms with Crippen LogP contribution in [0.15, 0.2) is 71.8 Å². The maximum atomic E-state index is 12.9. The number of aromatic nitrogens is 1. The third-order valence-electron chi connectivity index (χ3n) is 4.97. The molecule has 1 unspecified atom stereocenters. The molecule has 0 aliphatic heterocycles. The van der Waals surface area contributed by atoms with Crippen molar-refractivity contribution in [1.29, 1.82) is 4.78 Å². The van der Waals surface area contributed by atoms with Gasteiger partial charge in [0, 0.05) is 36.0 Å². The summed E-state index contributed by atoms with van der Waals surface area (Å²) < 4.78 is 21.2. The number of amides is 1. The van der Waals surface area contributed by atoms with Crippen molar-refractivity contribution in [2.24, 2.45) is 0 Å². The molecule has 156 valence electrons. The Morgan fingerprint density at radius 1 is 1.03 bits per heavy atom. The molecule has 2 aromatic carbocycles. The molecule has 1 heterocycles. The Balaban J connectivity index is 1.70. The van der Waals surface area contributed by atoms with Gasteiger partial charge in [-0.1, -0.05) is 48.9 Å². The molecule has 5 nitrogen and oxygen atoms in total. The summed E-state index contributed by atoms with van der Waals surface area (Å²) in [5.41, 5.74) is 3.70. The van der Waals surface area contributed by atoms with Crippen LogP contribution >= 0.6 is 11.6 Å². The van der Waals surface area contributed by atoms with Gasteiger partial charge in [-0.3, -0.25) is 4.79 Å². The summed E-state index contributed by atoms with van der Waals surface area (Å²) in [6, 6.07) is 18.5. The van der Waals surface area contributed by atoms with Crippen LogP contribution in [-0.4, -0.2) is 27.9 Å². The van der Waals surface area contributed by atoms with Crippen LogP contribution in [0.2, 0.25) is 5.15 Å². The van der Waals surface area contributed by atoms with E-state index in [4.69, 9.17) is 16.4 Å². The number of benzene rings is 2. The van der Waals surface area contributed by atoms with E-state index < -0.39 is 9.73 Å². The fourth-order valence-corrected chi connectivity index (χ4v) is 4.51. The summed E-state index contributed by atoms with van der Waals surface area (Å²) >= 11 is 5.79. The van der Waals surface area contributed by atoms with Gasteiger partial charge >= 0.3 is 0 Å². The zero-order valence-corrected chi connectivity index (χ0v) is 18.5. The summed E-state index contributed by atoms with van der Waals surface area (Å²) in [6.45, 7) is 1.84. The Morgan fingerprint density at radius 2 is 1.63 bits per heavy atom. The molecule has 0 saturated carbocycles. The Morgan fingerprint density at radius 3 is 2.17 bits per heavy atom. The molecule has 0 saturated heterocycles. The number of hydrogen-bond acceptors (Lipinski definition) is 4. The minimum absolute atomic E-state index is 0.0618. The molecule has 0 bridgehead atoms. The molecule has 1 amide bonds. The third kappa shape index (κ3) is 5.26. The number of carbonyl (C=O) groups is 1. The summed E-state index contributed by atoms with van der Waals surface area (Å²) in [4.78, 5) is 18.0. The standard InChI is InChI=1S/C23H24ClN3O2S/c1-3-23(28)27(2)20-9-5-18(6-10-20)19-7-11-21(12-8-19)30(25,29)15-14-17-4-13-22(24)26-16-17/h4-13,16,25H,3,14-15H2,1-2H3. The zero-order valence-electron chi connectivity index (χ0n) is 17.0. The van der Waals surface area contributed by atoms with E-state index in [0.29, 0.717) is 22.9 Å². The van der Waals surface area contributed by atoms with Crippen molar-refractivity contribution >= 4 is 32.9 Å². The molecule has 0 radical (unpaired) electrons. The van der Waals surface area contributed by atoms with Crippen molar-refractivity contribution in [2.75, 3.05) is 17.7 Å². The second-order valence-corrected chi connectivity index (χ2v) is 9.61. The molecule has 0 fully saturated rings. The Bertz CT molecular complexity index is 1110. The second-order valence-electron chi connectivity index (χ2n) is 7.00. The largest absolute Gasteiger partial charge is 0.316 e. The van der Waals surface area contributed by atoms with E-state index >= 15 is 0 Å². The number of hydrogen-bond donors (Lipinski definition) is 1. The van der Waals surface area contributed by atoms with Gasteiger partial charge < -0.3 is 4.90 Å². The SMILES string of the molecule is CCC(=O)N(C)c1ccc(-c2ccc(S(=N)(=O)CCc3ccc(Cl)nc3)cc2)cc1. The Kier molecular flexibility index (Phi) is 6.90. The summed E-state index contributed by atoms with van der Waals surface area (Å²) in [5.74, 6) is 0.286. The van der Waals surface area contributed by atoms with Crippen LogP contribution in [0.25, 0.3) is 11.1 Å². The lowest BCUT2D eigenvalue weighted by atomic mass is 10.1. The minimum atomic E-state index is -2.90. The van der Waals surface area contributed by atoms with Crippen LogP contribution < -0.4 is 4.90 Å². The first-order chi connectivity index (χ1) is 14.3. The number of rotatable bonds is 7. The van der Waals surface area contributed by atoms with Crippen molar-refractivity contribution in [2.45, 2.75) is 24.7 Å². The molecular weight excluding hydrogens is 418 g/mol. The predicted molar refractivity (Wildman–Crippen MR) is 123 cm³/mol. The molecule has 0 aliphatic carbocycles. The zero-order chi connectivity index (χ0) is 21.7. The first-order valence-corrected chi connectivity index (χ1v) is 11.7. The van der Waals surface area contributed by atoms with E-state index in [9.17, 15) is 9.00 Å². The normalized spacial score (nSPS) is 12.9. The molecule has 3 rings (SSSR count). The van der Waals surface area contributed by atoms with Crippen molar-refractivity contribution in [3.8, 4) is 11.1 Å². The van der Waals surface area contributed by atoms with Crippen molar-refractivity contribution in [1.82, 2.24) is 4.98 Å². The lowest BCUT2D eigenvalue weighted by Gasteiger charge is -2.17. The molecule has 30 heavy (non-hydrogen) atoms. The van der Waals surface area contributed by atoms with Crippen molar-refractivity contribution in [3.63, 3.8) is 0 Å². The van der Waals surface area contributed by atoms with Gasteiger partial charge in [-0.2, -0.15) is 0 Å². The van der Waals surface area contributed by atoms with E-state index in [2.05, 4.69) is 4.98 Å². The minimum Gasteiger partial charge on any atom is -0.316 e. The highest BCUT2D eigenvalue weighted by atomic mass is 35.5. The molecule has 1 N–H and O–H groups in total. The number of halogens is 1. The smallest absolute Gasteiger partial charge is 0.226 e. The van der Waals surface area contributed by atoms with Crippen LogP contribution in [-0.2, 0) is 20.9 Å². The summed E-state index contributed by atoms with van der Waals surface area (Å²) in [5, 5.41) is 0.414. The van der Waals surface area contributed by atoms with Crippen LogP contribution in [0.3, 0.4) is 0 Å². The maximum Gasteiger partial charge on any atom is 0.226 e. The quantitative estimate of drug-likeness (QED) is 0.497. The molecule has 1 atom stereocenters. The first-order valence-electron chi connectivity index (χ1n) is 9.64. The first kappa shape index (κ1) is 22.0. The molecule has 3 aromatic rings. The van der Waals surface area contributed by atoms with E-state index in [-0.39, 0.29) is 11.7 Å². The van der Waals surface area contributed by atoms with E-state index in [1.165, 1.54) is 0 Å². The van der Waals surface area contributed by atoms with E-state index in [1.54, 1.807) is 36.3 Å². The van der Waals surface area contributed by atoms with Gasteiger partial charge in [0.2, 0.25) is 5.91 Å². The lowest BCUT2D eigenvalue weighted by Crippen LogP contribution is -2.24. The van der Waals surface area contributed by atoms with E-state index in [0.717, 1.165) is 22.4 Å². The Labute approximate surface area is 182 Å². The molecule has 1 aromatic heterocycles. The molecular formula is C23H24ClN3O2S. The van der Waals surface area contributed by atoms with Gasteiger partial charge in [0.25, 0.3) is 0 Å². The van der Waals surface area contributed by atoms with Crippen LogP contribution in [0.1, 0.15) is 18.9 Å². The number of anilines is 1. The van der Waals surface area contributed by atoms with Gasteiger partial charge in [-0.15, -0.1) is 0 Å². The summed E-state index contributed by atoms with van der Waals surface area (Å²) in [6.07, 6.45) is 2.61. The fourth-order valence-electron chi connectivity index (χ4n) is 3.06. The predicted octanol–water partition coefficient (Wildman–Crippen LogP) is 5.42. The lowest BCUT2D eigenvalue weighted by molar-refractivity contribution is -0.118. The summed E-state index contributed by atoms with van der Waals surface area (Å²) in [7, 11) is -1.14. The number of aryl methyl sites for hydroxylation is 1. The highest BCUT2D eigenvalue weighted by molar-refractivity contribution is 7.92. The van der Waals surface area contributed by atoms with Crippen LogP contribution in [0.5, 0.6) is 0 Å². The van der Waals surface area contributed by atoms with Gasteiger partial charge in [0.05, 0.1) is 9.73 Å². The van der Waals surface area contributed by atoms with Gasteiger partial charge in [0.1, 0.15) is 5.15 Å². The van der Waals surface area contributed by atoms with Gasteiger partial charge in [-0.25, -0.2) is 14.0 Å². The van der Waals surface area contributed by atoms with Gasteiger partial charge in [-0.05, 0) is 53.4 Å². The molecule has 7 heteroatoms. The average Bonchev–Trinajstić information content (AvgIpc) is 2.78. The number of nitrogens with one attached hydrogen (secondary N) is 1. The van der Waals surface area contributed by atoms with E-state index in [1.807, 2.05) is 49.4 Å². The second kappa shape index (κ2) is 9.41. The highest BCUT2D eigenvalue weighted by Crippen LogP contribution is 2.25. The Hall–Kier alpha value is -2.70. The van der Waals surface area contributed by atoms with Crippen LogP contribution in [0.4, 0.5) is 5.69 Å². The number of carbonyl (C=O) groups excluding carboxylic acids is 1. The monoisotopic (exact) mass is 441 g/mol.